The van der Waals surface area contributed by atoms with E-state index in [1.54, 1.807) is 0 Å². The van der Waals surface area contributed by atoms with Crippen LogP contribution >= 0.6 is 0 Å². The first-order chi connectivity index (χ1) is 11.2. The van der Waals surface area contributed by atoms with Gasteiger partial charge in [-0.1, -0.05) is 30.3 Å². The number of imide groups is 1. The van der Waals surface area contributed by atoms with E-state index in [0.29, 0.717) is 19.4 Å². The number of ether oxygens (including phenoxy) is 2. The molecule has 5 heteroatoms. The van der Waals surface area contributed by atoms with Gasteiger partial charge in [0.1, 0.15) is 0 Å². The van der Waals surface area contributed by atoms with Crippen molar-refractivity contribution in [1.29, 1.82) is 0 Å². The Morgan fingerprint density at radius 1 is 1.25 bits per heavy atom. The first-order valence-corrected chi connectivity index (χ1v) is 8.36. The van der Waals surface area contributed by atoms with Crippen LogP contribution in [0.1, 0.15) is 46.1 Å². The van der Waals surface area contributed by atoms with Gasteiger partial charge in [-0.15, -0.1) is 0 Å². The fourth-order valence-electron chi connectivity index (χ4n) is 4.29. The zero-order valence-electron chi connectivity index (χ0n) is 14.7. The Balaban J connectivity index is 1.79. The molecule has 1 saturated heterocycles. The highest BCUT2D eigenvalue weighted by Gasteiger charge is 2.71. The number of carbonyl (C=O) groups excluding carboxylic acids is 2. The molecular formula is C19H25NO4. The van der Waals surface area contributed by atoms with Crippen molar-refractivity contribution in [3.05, 3.63) is 35.9 Å². The number of nitrogens with one attached hydrogen (secondary N) is 1. The van der Waals surface area contributed by atoms with E-state index in [4.69, 9.17) is 9.47 Å². The van der Waals surface area contributed by atoms with E-state index in [1.807, 2.05) is 51.1 Å². The molecule has 1 aromatic rings. The maximum Gasteiger partial charge on any atom is 0.235 e. The number of amides is 2. The summed E-state index contributed by atoms with van der Waals surface area (Å²) in [5, 5.41) is 2.46. The number of hydrogen-bond acceptors (Lipinski definition) is 4. The monoisotopic (exact) mass is 331 g/mol. The molecule has 3 unspecified atom stereocenters. The number of carbonyl (C=O) groups is 2. The molecule has 1 N–H and O–H groups in total. The predicted molar refractivity (Wildman–Crippen MR) is 89.1 cm³/mol. The van der Waals surface area contributed by atoms with Gasteiger partial charge < -0.3 is 9.47 Å². The van der Waals surface area contributed by atoms with Gasteiger partial charge in [-0.05, 0) is 39.2 Å². The Morgan fingerprint density at radius 3 is 2.54 bits per heavy atom. The van der Waals surface area contributed by atoms with Crippen molar-refractivity contribution in [1.82, 2.24) is 5.32 Å². The molecule has 3 atom stereocenters. The highest BCUT2D eigenvalue weighted by atomic mass is 16.6. The first kappa shape index (κ1) is 17.1. The van der Waals surface area contributed by atoms with E-state index >= 15 is 0 Å². The van der Waals surface area contributed by atoms with E-state index in [1.165, 1.54) is 6.92 Å². The lowest BCUT2D eigenvalue weighted by Gasteiger charge is -2.44. The molecule has 0 spiro atoms. The third kappa shape index (κ3) is 2.66. The predicted octanol–water partition coefficient (Wildman–Crippen LogP) is 2.58. The summed E-state index contributed by atoms with van der Waals surface area (Å²) in [6.07, 6.45) is 0.942. The molecule has 5 nitrogen and oxygen atoms in total. The van der Waals surface area contributed by atoms with Gasteiger partial charge in [0, 0.05) is 6.92 Å². The highest BCUT2D eigenvalue weighted by Crippen LogP contribution is 2.62. The zero-order chi connectivity index (χ0) is 17.6. The van der Waals surface area contributed by atoms with Crippen molar-refractivity contribution in [3.63, 3.8) is 0 Å². The van der Waals surface area contributed by atoms with Crippen LogP contribution in [0, 0.1) is 5.41 Å². The van der Waals surface area contributed by atoms with E-state index in [0.717, 1.165) is 5.56 Å². The van der Waals surface area contributed by atoms with Crippen LogP contribution in [0.5, 0.6) is 0 Å². The lowest BCUT2D eigenvalue weighted by Crippen LogP contribution is -2.56. The van der Waals surface area contributed by atoms with E-state index in [9.17, 15) is 9.59 Å². The molecule has 24 heavy (non-hydrogen) atoms. The molecule has 1 aliphatic carbocycles. The summed E-state index contributed by atoms with van der Waals surface area (Å²) in [7, 11) is 0. The normalized spacial score (nSPS) is 33.4. The van der Waals surface area contributed by atoms with Crippen LogP contribution in [0.4, 0.5) is 0 Å². The van der Waals surface area contributed by atoms with Crippen molar-refractivity contribution in [2.75, 3.05) is 0 Å². The van der Waals surface area contributed by atoms with E-state index in [2.05, 4.69) is 5.32 Å². The SMILES string of the molecule is CC(=O)NC(=O)C12CC(OCc3ccccc3)C(C)(C1)OC2(C)C. The van der Waals surface area contributed by atoms with E-state index in [-0.39, 0.29) is 17.9 Å². The zero-order valence-corrected chi connectivity index (χ0v) is 14.7. The van der Waals surface area contributed by atoms with Gasteiger partial charge >= 0.3 is 0 Å². The molecule has 2 bridgehead atoms. The number of rotatable bonds is 4. The second kappa shape index (κ2) is 5.67. The Bertz CT molecular complexity index is 657. The Hall–Kier alpha value is -1.72. The average Bonchev–Trinajstić information content (AvgIpc) is 2.90. The number of benzene rings is 1. The minimum atomic E-state index is -0.741. The summed E-state index contributed by atoms with van der Waals surface area (Å²) in [6, 6.07) is 9.94. The third-order valence-corrected chi connectivity index (χ3v) is 5.53. The Kier molecular flexibility index (Phi) is 4.04. The van der Waals surface area contributed by atoms with Gasteiger partial charge in [0.25, 0.3) is 0 Å². The Morgan fingerprint density at radius 2 is 1.92 bits per heavy atom. The van der Waals surface area contributed by atoms with Gasteiger partial charge in [-0.25, -0.2) is 0 Å². The summed E-state index contributed by atoms with van der Waals surface area (Å²) >= 11 is 0. The summed E-state index contributed by atoms with van der Waals surface area (Å²) < 4.78 is 12.4. The standard InChI is InChI=1S/C19H25NO4/c1-13(21)20-16(22)19-10-15(18(4,12-19)24-17(19,2)3)23-11-14-8-6-5-7-9-14/h5-9,15H,10-12H2,1-4H3,(H,20,21,22). The van der Waals surface area contributed by atoms with Crippen molar-refractivity contribution >= 4 is 11.8 Å². The first-order valence-electron chi connectivity index (χ1n) is 8.36. The summed E-state index contributed by atoms with van der Waals surface area (Å²) in [5.74, 6) is -0.595. The highest BCUT2D eigenvalue weighted by molar-refractivity contribution is 5.98. The maximum absolute atomic E-state index is 12.7. The Labute approximate surface area is 142 Å². The molecule has 1 aromatic carbocycles. The second-order valence-corrected chi connectivity index (χ2v) is 7.68. The van der Waals surface area contributed by atoms with Crippen molar-refractivity contribution in [2.24, 2.45) is 5.41 Å². The average molecular weight is 331 g/mol. The van der Waals surface area contributed by atoms with Gasteiger partial charge in [0.15, 0.2) is 0 Å². The van der Waals surface area contributed by atoms with E-state index < -0.39 is 16.6 Å². The summed E-state index contributed by atoms with van der Waals surface area (Å²) in [4.78, 5) is 24.1. The fraction of sp³-hybridized carbons (Fsp3) is 0.579. The molecule has 1 aliphatic heterocycles. The molecule has 1 heterocycles. The molecule has 3 rings (SSSR count). The molecule has 0 aromatic heterocycles. The summed E-state index contributed by atoms with van der Waals surface area (Å²) in [6.45, 7) is 7.68. The van der Waals surface area contributed by atoms with Crippen LogP contribution in [-0.4, -0.2) is 29.1 Å². The summed E-state index contributed by atoms with van der Waals surface area (Å²) in [5.41, 5.74) is -0.805. The van der Waals surface area contributed by atoms with Gasteiger partial charge in [-0.2, -0.15) is 0 Å². The molecule has 1 saturated carbocycles. The molecule has 2 fully saturated rings. The van der Waals surface area contributed by atoms with Crippen LogP contribution in [0.25, 0.3) is 0 Å². The quantitative estimate of drug-likeness (QED) is 0.921. The van der Waals surface area contributed by atoms with Crippen LogP contribution in [0.3, 0.4) is 0 Å². The maximum atomic E-state index is 12.7. The lowest BCUT2D eigenvalue weighted by atomic mass is 9.72. The smallest absolute Gasteiger partial charge is 0.235 e. The van der Waals surface area contributed by atoms with Gasteiger partial charge in [0.05, 0.1) is 29.3 Å². The molecule has 0 radical (unpaired) electrons. The van der Waals surface area contributed by atoms with Gasteiger partial charge in [0.2, 0.25) is 11.8 Å². The second-order valence-electron chi connectivity index (χ2n) is 7.68. The molecule has 2 aliphatic rings. The minimum absolute atomic E-state index is 0.177. The van der Waals surface area contributed by atoms with Crippen LogP contribution in [-0.2, 0) is 25.7 Å². The lowest BCUT2D eigenvalue weighted by molar-refractivity contribution is -0.203. The van der Waals surface area contributed by atoms with Crippen molar-refractivity contribution in [3.8, 4) is 0 Å². The topological polar surface area (TPSA) is 64.6 Å². The molecule has 130 valence electrons. The minimum Gasteiger partial charge on any atom is -0.371 e. The third-order valence-electron chi connectivity index (χ3n) is 5.53. The van der Waals surface area contributed by atoms with Crippen LogP contribution in [0.2, 0.25) is 0 Å². The largest absolute Gasteiger partial charge is 0.371 e. The molecule has 2 amide bonds. The van der Waals surface area contributed by atoms with Gasteiger partial charge in [-0.3, -0.25) is 14.9 Å². The molecular weight excluding hydrogens is 306 g/mol. The van der Waals surface area contributed by atoms with Crippen LogP contribution < -0.4 is 5.32 Å². The van der Waals surface area contributed by atoms with Crippen LogP contribution in [0.15, 0.2) is 30.3 Å². The number of hydrogen-bond donors (Lipinski definition) is 1. The van der Waals surface area contributed by atoms with Crippen molar-refractivity contribution in [2.45, 2.75) is 64.4 Å². The van der Waals surface area contributed by atoms with Crippen molar-refractivity contribution < 1.29 is 19.1 Å². The fourth-order valence-corrected chi connectivity index (χ4v) is 4.29. The number of fused-ring (bicyclic) bond motifs is 2.